The van der Waals surface area contributed by atoms with Crippen molar-refractivity contribution in [3.8, 4) is 33.4 Å². The van der Waals surface area contributed by atoms with Crippen LogP contribution in [-0.4, -0.2) is 0 Å². The van der Waals surface area contributed by atoms with Gasteiger partial charge in [-0.3, -0.25) is 0 Å². The molecule has 2 heterocycles. The van der Waals surface area contributed by atoms with Crippen molar-refractivity contribution in [2.45, 2.75) is 18.8 Å². The second kappa shape index (κ2) is 16.0. The van der Waals surface area contributed by atoms with Crippen LogP contribution < -0.4 is 9.80 Å². The van der Waals surface area contributed by atoms with Crippen molar-refractivity contribution < 1.29 is 4.42 Å². The van der Waals surface area contributed by atoms with E-state index >= 15 is 0 Å². The van der Waals surface area contributed by atoms with E-state index in [2.05, 4.69) is 259 Å². The Hall–Kier alpha value is -8.66. The number of furan rings is 1. The van der Waals surface area contributed by atoms with Crippen LogP contribution in [0.3, 0.4) is 0 Å². The van der Waals surface area contributed by atoms with Crippen molar-refractivity contribution in [2.75, 3.05) is 9.80 Å². The zero-order valence-electron chi connectivity index (χ0n) is 37.7. The van der Waals surface area contributed by atoms with E-state index < -0.39 is 0 Å². The Labute approximate surface area is 396 Å². The van der Waals surface area contributed by atoms with Gasteiger partial charge in [-0.05, 0) is 100 Å². The van der Waals surface area contributed by atoms with Gasteiger partial charge in [0.2, 0.25) is 0 Å². The zero-order chi connectivity index (χ0) is 45.2. The number of nitrogens with zero attached hydrogens (tertiary/aromatic N) is 2. The van der Waals surface area contributed by atoms with E-state index in [4.69, 9.17) is 4.42 Å². The summed E-state index contributed by atoms with van der Waals surface area (Å²) in [6, 6.07) is 85.8. The summed E-state index contributed by atoms with van der Waals surface area (Å²) in [5.74, 6) is 0. The van der Waals surface area contributed by atoms with E-state index in [1.54, 1.807) is 0 Å². The maximum Gasteiger partial charge on any atom is 0.143 e. The lowest BCUT2D eigenvalue weighted by Crippen LogP contribution is -2.28. The molecule has 2 aliphatic rings. The van der Waals surface area contributed by atoms with E-state index in [9.17, 15) is 0 Å². The summed E-state index contributed by atoms with van der Waals surface area (Å²) in [5.41, 5.74) is 19.0. The maximum atomic E-state index is 6.76. The lowest BCUT2D eigenvalue weighted by Gasteiger charge is -2.35. The van der Waals surface area contributed by atoms with Gasteiger partial charge in [-0.25, -0.2) is 0 Å². The van der Waals surface area contributed by atoms with Crippen LogP contribution >= 0.6 is 0 Å². The fourth-order valence-corrected chi connectivity index (χ4v) is 11.2. The smallest absolute Gasteiger partial charge is 0.143 e. The number of para-hydroxylation sites is 6. The van der Waals surface area contributed by atoms with Crippen molar-refractivity contribution in [3.05, 3.63) is 266 Å². The predicted molar refractivity (Wildman–Crippen MR) is 285 cm³/mol. The molecule has 1 unspecified atom stereocenters. The number of anilines is 5. The van der Waals surface area contributed by atoms with Crippen molar-refractivity contribution >= 4 is 66.7 Å². The molecule has 0 amide bonds. The van der Waals surface area contributed by atoms with Crippen LogP contribution in [0.4, 0.5) is 28.4 Å². The molecular formula is C65H46N2O. The van der Waals surface area contributed by atoms with Crippen molar-refractivity contribution in [3.63, 3.8) is 0 Å². The van der Waals surface area contributed by atoms with Crippen molar-refractivity contribution in [1.82, 2.24) is 0 Å². The molecule has 0 radical (unpaired) electrons. The monoisotopic (exact) mass is 870 g/mol. The molecule has 1 aromatic heterocycles. The average molecular weight is 871 g/mol. The van der Waals surface area contributed by atoms with Crippen LogP contribution in [0.25, 0.3) is 71.7 Å². The fraction of sp³-hybridized carbons (Fsp3) is 0.0462. The minimum atomic E-state index is -0.221. The second-order valence-electron chi connectivity index (χ2n) is 18.2. The SMILES string of the molecule is CC12CC=CC(c3cccc(N(c4ccccc4-c4cccc5c4oc4ccccc45)c4ccccc4-c4cccc5cccc(-c6ccccc6)c45)c3)=C1N(c1ccccc1)c1ccccc12. The highest BCUT2D eigenvalue weighted by Crippen LogP contribution is 2.57. The molecule has 0 saturated heterocycles. The maximum absolute atomic E-state index is 6.76. The molecule has 0 saturated carbocycles. The first-order valence-electron chi connectivity index (χ1n) is 23.6. The Kier molecular flexibility index (Phi) is 9.36. The van der Waals surface area contributed by atoms with E-state index in [-0.39, 0.29) is 5.41 Å². The molecule has 10 aromatic carbocycles. The third-order valence-corrected chi connectivity index (χ3v) is 14.2. The Morgan fingerprint density at radius 3 is 1.88 bits per heavy atom. The average Bonchev–Trinajstić information content (AvgIpc) is 3.92. The van der Waals surface area contributed by atoms with Crippen molar-refractivity contribution in [1.29, 1.82) is 0 Å². The third kappa shape index (κ3) is 6.27. The molecule has 0 fully saturated rings. The van der Waals surface area contributed by atoms with Gasteiger partial charge >= 0.3 is 0 Å². The van der Waals surface area contributed by atoms with Gasteiger partial charge in [0.05, 0.1) is 17.1 Å². The van der Waals surface area contributed by atoms with Crippen LogP contribution in [-0.2, 0) is 5.41 Å². The van der Waals surface area contributed by atoms with Gasteiger partial charge in [-0.15, -0.1) is 0 Å². The molecule has 322 valence electrons. The number of fused-ring (bicyclic) bond motifs is 7. The molecule has 1 aliphatic carbocycles. The molecule has 0 bridgehead atoms. The van der Waals surface area contributed by atoms with E-state index in [0.717, 1.165) is 73.4 Å². The minimum Gasteiger partial charge on any atom is -0.455 e. The van der Waals surface area contributed by atoms with Crippen LogP contribution in [0.2, 0.25) is 0 Å². The standard InChI is InChI=1S/C65H46N2O/c1-65-42-20-36-50(64(65)67(47-26-6-3-7-27-47)60-40-14-11-37-57(60)65)46-25-16-28-48(43-46)66(59-39-13-9-30-52(59)55-34-19-35-56-53-31-10-15-41-61(53)68-63(55)56)58-38-12-8-29-51(58)54-33-18-24-45-23-17-32-49(62(45)54)44-21-4-2-5-22-44/h2-41,43H,42H2,1H3. The molecular weight excluding hydrogens is 825 g/mol. The van der Waals surface area contributed by atoms with Crippen LogP contribution in [0.5, 0.6) is 0 Å². The molecule has 1 aliphatic heterocycles. The topological polar surface area (TPSA) is 19.6 Å². The fourth-order valence-electron chi connectivity index (χ4n) is 11.2. The Morgan fingerprint density at radius 2 is 1.07 bits per heavy atom. The van der Waals surface area contributed by atoms with Crippen molar-refractivity contribution in [2.24, 2.45) is 0 Å². The summed E-state index contributed by atoms with van der Waals surface area (Å²) in [5, 5.41) is 4.64. The van der Waals surface area contributed by atoms with E-state index in [1.165, 1.54) is 50.0 Å². The van der Waals surface area contributed by atoms with Gasteiger partial charge in [-0.1, -0.05) is 200 Å². The van der Waals surface area contributed by atoms with Crippen LogP contribution in [0.1, 0.15) is 24.5 Å². The predicted octanol–water partition coefficient (Wildman–Crippen LogP) is 18.0. The summed E-state index contributed by atoms with van der Waals surface area (Å²) in [6.07, 6.45) is 5.65. The molecule has 0 N–H and O–H groups in total. The van der Waals surface area contributed by atoms with Gasteiger partial charge in [0.25, 0.3) is 0 Å². The highest BCUT2D eigenvalue weighted by molar-refractivity contribution is 6.12. The summed E-state index contributed by atoms with van der Waals surface area (Å²) < 4.78 is 6.76. The highest BCUT2D eigenvalue weighted by Gasteiger charge is 2.46. The Morgan fingerprint density at radius 1 is 0.485 bits per heavy atom. The van der Waals surface area contributed by atoms with Crippen LogP contribution in [0, 0.1) is 0 Å². The zero-order valence-corrected chi connectivity index (χ0v) is 37.7. The number of hydrogen-bond acceptors (Lipinski definition) is 3. The first kappa shape index (κ1) is 39.7. The number of rotatable bonds is 8. The number of allylic oxidation sites excluding steroid dienone is 4. The molecule has 13 rings (SSSR count). The third-order valence-electron chi connectivity index (χ3n) is 14.2. The quantitative estimate of drug-likeness (QED) is 0.152. The van der Waals surface area contributed by atoms with E-state index in [0.29, 0.717) is 0 Å². The Bertz CT molecular complexity index is 3800. The van der Waals surface area contributed by atoms with E-state index in [1.807, 2.05) is 6.07 Å². The van der Waals surface area contributed by atoms with Gasteiger partial charge in [0, 0.05) is 55.5 Å². The summed E-state index contributed by atoms with van der Waals surface area (Å²) in [6.45, 7) is 2.42. The Balaban J connectivity index is 1.07. The largest absolute Gasteiger partial charge is 0.455 e. The normalized spacial score (nSPS) is 15.3. The van der Waals surface area contributed by atoms with Gasteiger partial charge in [0.15, 0.2) is 0 Å². The van der Waals surface area contributed by atoms with Crippen LogP contribution in [0.15, 0.2) is 259 Å². The summed E-state index contributed by atoms with van der Waals surface area (Å²) >= 11 is 0. The van der Waals surface area contributed by atoms with Gasteiger partial charge < -0.3 is 14.2 Å². The first-order chi connectivity index (χ1) is 33.6. The number of hydrogen-bond donors (Lipinski definition) is 0. The summed E-state index contributed by atoms with van der Waals surface area (Å²) in [7, 11) is 0. The first-order valence-corrected chi connectivity index (χ1v) is 23.6. The molecule has 3 heteroatoms. The number of benzene rings is 10. The second-order valence-corrected chi connectivity index (χ2v) is 18.2. The molecule has 0 spiro atoms. The van der Waals surface area contributed by atoms with Gasteiger partial charge in [0.1, 0.15) is 11.2 Å². The highest BCUT2D eigenvalue weighted by atomic mass is 16.3. The molecule has 11 aromatic rings. The lowest BCUT2D eigenvalue weighted by molar-refractivity contribution is 0.580. The minimum absolute atomic E-state index is 0.221. The summed E-state index contributed by atoms with van der Waals surface area (Å²) in [4.78, 5) is 4.98. The molecule has 68 heavy (non-hydrogen) atoms. The van der Waals surface area contributed by atoms with Gasteiger partial charge in [-0.2, -0.15) is 0 Å². The lowest BCUT2D eigenvalue weighted by atomic mass is 9.73. The molecule has 1 atom stereocenters. The molecule has 3 nitrogen and oxygen atoms in total.